The third-order valence-corrected chi connectivity index (χ3v) is 3.97. The van der Waals surface area contributed by atoms with Crippen molar-refractivity contribution in [1.29, 1.82) is 0 Å². The maximum absolute atomic E-state index is 12.3. The van der Waals surface area contributed by atoms with Crippen LogP contribution in [0.4, 0.5) is 5.95 Å². The molecule has 114 valence electrons. The Balaban J connectivity index is 1.80. The molecule has 0 saturated heterocycles. The number of methoxy groups -OCH3 is 1. The van der Waals surface area contributed by atoms with Crippen LogP contribution in [0.2, 0.25) is 0 Å². The summed E-state index contributed by atoms with van der Waals surface area (Å²) in [6.45, 7) is 1.98. The van der Waals surface area contributed by atoms with Crippen molar-refractivity contribution in [3.63, 3.8) is 0 Å². The molecule has 1 aromatic carbocycles. The second-order valence-corrected chi connectivity index (χ2v) is 5.45. The Hall–Kier alpha value is -2.43. The van der Waals surface area contributed by atoms with E-state index in [2.05, 4.69) is 15.3 Å². The number of aromatic nitrogens is 2. The van der Waals surface area contributed by atoms with E-state index in [1.54, 1.807) is 31.4 Å². The topological polar surface area (TPSA) is 64.1 Å². The molecule has 3 rings (SSSR count). The van der Waals surface area contributed by atoms with Crippen molar-refractivity contribution in [3.05, 3.63) is 46.8 Å². The van der Waals surface area contributed by atoms with Gasteiger partial charge in [-0.3, -0.25) is 10.1 Å². The molecule has 0 radical (unpaired) electrons. The molecule has 1 amide bonds. The van der Waals surface area contributed by atoms with Crippen molar-refractivity contribution in [2.45, 2.75) is 32.6 Å². The number of carbonyl (C=O) groups excluding carboxylic acids is 1. The number of nitrogens with zero attached hydrogens (tertiary/aromatic N) is 2. The van der Waals surface area contributed by atoms with E-state index >= 15 is 0 Å². The number of benzene rings is 1. The summed E-state index contributed by atoms with van der Waals surface area (Å²) >= 11 is 0. The zero-order valence-corrected chi connectivity index (χ0v) is 12.8. The number of carbonyl (C=O) groups is 1. The lowest BCUT2D eigenvalue weighted by Gasteiger charge is -2.17. The van der Waals surface area contributed by atoms with Gasteiger partial charge in [-0.2, -0.15) is 0 Å². The smallest absolute Gasteiger partial charge is 0.258 e. The lowest BCUT2D eigenvalue weighted by atomic mass is 9.95. The van der Waals surface area contributed by atoms with Crippen molar-refractivity contribution in [2.24, 2.45) is 0 Å². The van der Waals surface area contributed by atoms with Crippen LogP contribution in [0.15, 0.2) is 24.3 Å². The molecule has 22 heavy (non-hydrogen) atoms. The molecule has 5 heteroatoms. The number of anilines is 1. The van der Waals surface area contributed by atoms with Gasteiger partial charge < -0.3 is 4.74 Å². The number of fused-ring (bicyclic) bond motifs is 1. The number of hydrogen-bond acceptors (Lipinski definition) is 4. The molecule has 5 nitrogen and oxygen atoms in total. The van der Waals surface area contributed by atoms with E-state index < -0.39 is 0 Å². The Morgan fingerprint density at radius 1 is 1.14 bits per heavy atom. The fourth-order valence-electron chi connectivity index (χ4n) is 2.75. The van der Waals surface area contributed by atoms with Gasteiger partial charge in [0.2, 0.25) is 5.95 Å². The molecule has 1 aliphatic rings. The standard InChI is InChI=1S/C17H19N3O2/c1-11-14-5-3-4-6-15(14)19-17(18-11)20-16(21)12-7-9-13(22-2)10-8-12/h7-10H,3-6H2,1-2H3,(H,18,19,20,21). The molecular weight excluding hydrogens is 278 g/mol. The predicted octanol–water partition coefficient (Wildman–Crippen LogP) is 2.92. The highest BCUT2D eigenvalue weighted by molar-refractivity contribution is 6.03. The zero-order valence-electron chi connectivity index (χ0n) is 12.8. The van der Waals surface area contributed by atoms with E-state index in [1.165, 1.54) is 12.0 Å². The van der Waals surface area contributed by atoms with Crippen molar-refractivity contribution in [1.82, 2.24) is 9.97 Å². The Labute approximate surface area is 129 Å². The third-order valence-electron chi connectivity index (χ3n) is 3.97. The van der Waals surface area contributed by atoms with Gasteiger partial charge in [0, 0.05) is 17.0 Å². The number of hydrogen-bond donors (Lipinski definition) is 1. The summed E-state index contributed by atoms with van der Waals surface area (Å²) in [4.78, 5) is 21.2. The van der Waals surface area contributed by atoms with Crippen molar-refractivity contribution in [3.8, 4) is 5.75 Å². The monoisotopic (exact) mass is 297 g/mol. The molecule has 1 aliphatic carbocycles. The largest absolute Gasteiger partial charge is 0.497 e. The van der Waals surface area contributed by atoms with Crippen LogP contribution >= 0.6 is 0 Å². The molecule has 1 aromatic heterocycles. The number of aryl methyl sites for hydroxylation is 2. The van der Waals surface area contributed by atoms with Gasteiger partial charge in [-0.05, 0) is 62.4 Å². The summed E-state index contributed by atoms with van der Waals surface area (Å²) in [7, 11) is 1.60. The zero-order chi connectivity index (χ0) is 15.5. The number of nitrogens with one attached hydrogen (secondary N) is 1. The summed E-state index contributed by atoms with van der Waals surface area (Å²) in [5.74, 6) is 0.897. The second kappa shape index (κ2) is 6.13. The van der Waals surface area contributed by atoms with Crippen molar-refractivity contribution < 1.29 is 9.53 Å². The highest BCUT2D eigenvalue weighted by Gasteiger charge is 2.16. The van der Waals surface area contributed by atoms with E-state index in [1.807, 2.05) is 6.92 Å². The van der Waals surface area contributed by atoms with Gasteiger partial charge in [0.15, 0.2) is 0 Å². The lowest BCUT2D eigenvalue weighted by molar-refractivity contribution is 0.102. The Morgan fingerprint density at radius 2 is 1.86 bits per heavy atom. The Bertz CT molecular complexity index is 696. The molecule has 1 N–H and O–H groups in total. The van der Waals surface area contributed by atoms with Crippen LogP contribution in [0.5, 0.6) is 5.75 Å². The molecule has 2 aromatic rings. The molecule has 1 heterocycles. The fourth-order valence-corrected chi connectivity index (χ4v) is 2.75. The first kappa shape index (κ1) is 14.5. The first-order chi connectivity index (χ1) is 10.7. The van der Waals surface area contributed by atoms with Gasteiger partial charge >= 0.3 is 0 Å². The molecule has 0 saturated carbocycles. The van der Waals surface area contributed by atoms with Crippen molar-refractivity contribution >= 4 is 11.9 Å². The maximum Gasteiger partial charge on any atom is 0.258 e. The van der Waals surface area contributed by atoms with Crippen LogP contribution in [0.3, 0.4) is 0 Å². The molecule has 0 bridgehead atoms. The molecular formula is C17H19N3O2. The number of rotatable bonds is 3. The minimum atomic E-state index is -0.210. The third kappa shape index (κ3) is 2.93. The first-order valence-corrected chi connectivity index (χ1v) is 7.49. The Morgan fingerprint density at radius 3 is 2.59 bits per heavy atom. The SMILES string of the molecule is COc1ccc(C(=O)Nc2nc(C)c3c(n2)CCCC3)cc1. The fraction of sp³-hybridized carbons (Fsp3) is 0.353. The highest BCUT2D eigenvalue weighted by Crippen LogP contribution is 2.23. The van der Waals surface area contributed by atoms with Crippen LogP contribution in [0, 0.1) is 6.92 Å². The van der Waals surface area contributed by atoms with E-state index in [-0.39, 0.29) is 5.91 Å². The van der Waals surface area contributed by atoms with Gasteiger partial charge in [0.1, 0.15) is 5.75 Å². The summed E-state index contributed by atoms with van der Waals surface area (Å²) in [6.07, 6.45) is 4.34. The van der Waals surface area contributed by atoms with Gasteiger partial charge in [-0.25, -0.2) is 9.97 Å². The predicted molar refractivity (Wildman–Crippen MR) is 84.4 cm³/mol. The first-order valence-electron chi connectivity index (χ1n) is 7.49. The molecule has 0 unspecified atom stereocenters. The van der Waals surface area contributed by atoms with Crippen LogP contribution in [0.1, 0.15) is 40.2 Å². The number of amides is 1. The average Bonchev–Trinajstić information content (AvgIpc) is 2.55. The van der Waals surface area contributed by atoms with E-state index in [4.69, 9.17) is 4.74 Å². The summed E-state index contributed by atoms with van der Waals surface area (Å²) in [6, 6.07) is 6.96. The summed E-state index contributed by atoms with van der Waals surface area (Å²) in [5, 5.41) is 2.78. The van der Waals surface area contributed by atoms with Crippen LogP contribution < -0.4 is 10.1 Å². The van der Waals surface area contributed by atoms with Gasteiger partial charge in [0.25, 0.3) is 5.91 Å². The van der Waals surface area contributed by atoms with Crippen LogP contribution in [-0.2, 0) is 12.8 Å². The summed E-state index contributed by atoms with van der Waals surface area (Å²) < 4.78 is 5.09. The highest BCUT2D eigenvalue weighted by atomic mass is 16.5. The lowest BCUT2D eigenvalue weighted by Crippen LogP contribution is -2.17. The number of ether oxygens (including phenoxy) is 1. The molecule has 0 spiro atoms. The minimum Gasteiger partial charge on any atom is -0.497 e. The maximum atomic E-state index is 12.3. The molecule has 0 fully saturated rings. The second-order valence-electron chi connectivity index (χ2n) is 5.45. The summed E-state index contributed by atoms with van der Waals surface area (Å²) in [5.41, 5.74) is 3.84. The van der Waals surface area contributed by atoms with Gasteiger partial charge in [-0.15, -0.1) is 0 Å². The van der Waals surface area contributed by atoms with Crippen LogP contribution in [0.25, 0.3) is 0 Å². The van der Waals surface area contributed by atoms with Gasteiger partial charge in [-0.1, -0.05) is 0 Å². The Kier molecular flexibility index (Phi) is 4.04. The van der Waals surface area contributed by atoms with E-state index in [0.29, 0.717) is 11.5 Å². The normalized spacial score (nSPS) is 13.4. The molecule has 0 aliphatic heterocycles. The average molecular weight is 297 g/mol. The van der Waals surface area contributed by atoms with E-state index in [9.17, 15) is 4.79 Å². The van der Waals surface area contributed by atoms with E-state index in [0.717, 1.165) is 36.4 Å². The minimum absolute atomic E-state index is 0.210. The molecule has 0 atom stereocenters. The van der Waals surface area contributed by atoms with Gasteiger partial charge in [0.05, 0.1) is 7.11 Å². The quantitative estimate of drug-likeness (QED) is 0.946. The van der Waals surface area contributed by atoms with Crippen molar-refractivity contribution in [2.75, 3.05) is 12.4 Å². The van der Waals surface area contributed by atoms with Crippen LogP contribution in [-0.4, -0.2) is 23.0 Å².